The van der Waals surface area contributed by atoms with Crippen molar-refractivity contribution < 1.29 is 4.42 Å². The summed E-state index contributed by atoms with van der Waals surface area (Å²) in [7, 11) is 0. The Morgan fingerprint density at radius 3 is 2.20 bits per heavy atom. The van der Waals surface area contributed by atoms with E-state index in [-0.39, 0.29) is 12.3 Å². The van der Waals surface area contributed by atoms with Crippen LogP contribution in [0.15, 0.2) is 161 Å². The summed E-state index contributed by atoms with van der Waals surface area (Å²) in [6.07, 6.45) is -0.406. The van der Waals surface area contributed by atoms with Gasteiger partial charge in [0.25, 0.3) is 0 Å². The molecule has 0 bridgehead atoms. The number of rotatable bonds is 4. The van der Waals surface area contributed by atoms with Gasteiger partial charge in [-0.05, 0) is 53.1 Å². The van der Waals surface area contributed by atoms with Crippen LogP contribution in [0.1, 0.15) is 29.0 Å². The van der Waals surface area contributed by atoms with Gasteiger partial charge in [0.15, 0.2) is 0 Å². The fourth-order valence-electron chi connectivity index (χ4n) is 7.76. The molecule has 3 aromatic heterocycles. The van der Waals surface area contributed by atoms with Crippen molar-refractivity contribution >= 4 is 90.8 Å². The van der Waals surface area contributed by atoms with Crippen LogP contribution in [0.25, 0.3) is 73.4 Å². The third-order valence-electron chi connectivity index (χ3n) is 10.2. The first-order chi connectivity index (χ1) is 25.2. The highest BCUT2D eigenvalue weighted by Gasteiger charge is 2.27. The summed E-state index contributed by atoms with van der Waals surface area (Å²) >= 11 is 3.75. The average Bonchev–Trinajstić information content (AvgIpc) is 3.88. The lowest BCUT2D eigenvalue weighted by Crippen LogP contribution is -2.44. The van der Waals surface area contributed by atoms with E-state index in [4.69, 9.17) is 9.41 Å². The molecule has 0 saturated carbocycles. The number of amidine groups is 1. The second-order valence-electron chi connectivity index (χ2n) is 13.2. The average molecular weight is 692 g/mol. The molecule has 0 spiro atoms. The van der Waals surface area contributed by atoms with E-state index in [0.717, 1.165) is 44.5 Å². The maximum atomic E-state index is 6.15. The monoisotopic (exact) mass is 691 g/mol. The second kappa shape index (κ2) is 11.4. The van der Waals surface area contributed by atoms with Gasteiger partial charge in [-0.15, -0.1) is 22.7 Å². The van der Waals surface area contributed by atoms with Crippen LogP contribution in [0.5, 0.6) is 0 Å². The summed E-state index contributed by atoms with van der Waals surface area (Å²) < 4.78 is 11.4. The maximum absolute atomic E-state index is 6.15. The number of hydrogen-bond acceptors (Lipinski definition) is 6. The van der Waals surface area contributed by atoms with Gasteiger partial charge in [0, 0.05) is 62.2 Å². The molecule has 51 heavy (non-hydrogen) atoms. The molecule has 242 valence electrons. The Morgan fingerprint density at radius 2 is 1.25 bits per heavy atom. The molecule has 2 atom stereocenters. The third kappa shape index (κ3) is 4.65. The molecule has 0 radical (unpaired) electrons. The quantitative estimate of drug-likeness (QED) is 0.193. The van der Waals surface area contributed by atoms with Crippen molar-refractivity contribution in [3.63, 3.8) is 0 Å². The Balaban J connectivity index is 1.03. The predicted octanol–water partition coefficient (Wildman–Crippen LogP) is 12.3. The molecule has 6 heteroatoms. The molecular formula is C45H29N3OS2. The molecule has 4 nitrogen and oxygen atoms in total. The Hall–Kier alpha value is -5.79. The standard InChI is InChI=1S/C45H29N3OS2/c1-2-10-26(11-3-1)43-46-44(27-21-23-37-35(24-27)29-12-4-6-17-36(29)49-37)48-45(47-43)28-20-22-34-40(25-28)50-39-19-9-14-31(41(34)39)33-16-8-15-32-30-13-5-7-18-38(30)51-42(32)33/h1-25,44-45,48H,(H,46,47). The number of fused-ring (bicyclic) bond motifs is 9. The molecule has 11 rings (SSSR count). The lowest BCUT2D eigenvalue weighted by atomic mass is 9.97. The fourth-order valence-corrected chi connectivity index (χ4v) is 10.2. The van der Waals surface area contributed by atoms with E-state index in [1.807, 2.05) is 40.9 Å². The molecule has 0 aliphatic carbocycles. The van der Waals surface area contributed by atoms with E-state index in [2.05, 4.69) is 144 Å². The highest BCUT2D eigenvalue weighted by atomic mass is 32.1. The van der Waals surface area contributed by atoms with Gasteiger partial charge in [0.2, 0.25) is 0 Å². The van der Waals surface area contributed by atoms with Gasteiger partial charge in [-0.25, -0.2) is 4.99 Å². The minimum Gasteiger partial charge on any atom is -0.456 e. The molecule has 7 aromatic carbocycles. The van der Waals surface area contributed by atoms with Crippen molar-refractivity contribution in [2.24, 2.45) is 4.99 Å². The van der Waals surface area contributed by atoms with Crippen LogP contribution in [-0.4, -0.2) is 5.84 Å². The molecule has 0 saturated heterocycles. The molecule has 0 fully saturated rings. The number of nitrogens with one attached hydrogen (secondary N) is 2. The highest BCUT2D eigenvalue weighted by molar-refractivity contribution is 7.26. The van der Waals surface area contributed by atoms with Gasteiger partial charge >= 0.3 is 0 Å². The van der Waals surface area contributed by atoms with Crippen LogP contribution in [-0.2, 0) is 0 Å². The number of aliphatic imine (C=N–C) groups is 1. The van der Waals surface area contributed by atoms with Crippen LogP contribution in [0.4, 0.5) is 0 Å². The second-order valence-corrected chi connectivity index (χ2v) is 15.3. The molecule has 0 amide bonds. The molecule has 2 N–H and O–H groups in total. The summed E-state index contributed by atoms with van der Waals surface area (Å²) in [5.74, 6) is 0.872. The van der Waals surface area contributed by atoms with Crippen LogP contribution >= 0.6 is 22.7 Å². The summed E-state index contributed by atoms with van der Waals surface area (Å²) in [5, 5.41) is 15.0. The molecule has 1 aliphatic rings. The van der Waals surface area contributed by atoms with Crippen LogP contribution in [0.2, 0.25) is 0 Å². The Morgan fingerprint density at radius 1 is 0.510 bits per heavy atom. The first kappa shape index (κ1) is 29.0. The Labute approximate surface area is 301 Å². The zero-order chi connectivity index (χ0) is 33.5. The molecule has 4 heterocycles. The van der Waals surface area contributed by atoms with Crippen molar-refractivity contribution in [3.8, 4) is 11.1 Å². The molecule has 10 aromatic rings. The minimum atomic E-state index is -0.246. The number of nitrogens with zero attached hydrogens (tertiary/aromatic N) is 1. The lowest BCUT2D eigenvalue weighted by molar-refractivity contribution is 0.409. The topological polar surface area (TPSA) is 49.6 Å². The Kier molecular flexibility index (Phi) is 6.46. The van der Waals surface area contributed by atoms with E-state index in [1.54, 1.807) is 0 Å². The SMILES string of the molecule is c1ccc(C2=NC(c3ccc4c(c3)sc3cccc(-c5cccc6c5sc5ccccc56)c34)NC(c3ccc4oc5ccccc5c4c3)N2)cc1. The van der Waals surface area contributed by atoms with Crippen LogP contribution < -0.4 is 10.6 Å². The van der Waals surface area contributed by atoms with Crippen molar-refractivity contribution in [2.45, 2.75) is 12.3 Å². The number of thiophene rings is 2. The van der Waals surface area contributed by atoms with Crippen LogP contribution in [0, 0.1) is 0 Å². The normalized spacial score (nSPS) is 16.4. The van der Waals surface area contributed by atoms with Gasteiger partial charge in [-0.3, -0.25) is 5.32 Å². The third-order valence-corrected chi connectivity index (χ3v) is 12.5. The van der Waals surface area contributed by atoms with Crippen LogP contribution in [0.3, 0.4) is 0 Å². The van der Waals surface area contributed by atoms with Gasteiger partial charge in [0.05, 0.1) is 0 Å². The lowest BCUT2D eigenvalue weighted by Gasteiger charge is -2.32. The summed E-state index contributed by atoms with van der Waals surface area (Å²) in [4.78, 5) is 5.26. The van der Waals surface area contributed by atoms with Crippen molar-refractivity contribution in [1.29, 1.82) is 0 Å². The minimum absolute atomic E-state index is 0.160. The van der Waals surface area contributed by atoms with E-state index >= 15 is 0 Å². The van der Waals surface area contributed by atoms with E-state index in [1.165, 1.54) is 51.5 Å². The largest absolute Gasteiger partial charge is 0.456 e. The smallest absolute Gasteiger partial charge is 0.135 e. The Bertz CT molecular complexity index is 3010. The van der Waals surface area contributed by atoms with Gasteiger partial charge in [-0.2, -0.15) is 0 Å². The van der Waals surface area contributed by atoms with Gasteiger partial charge in [0.1, 0.15) is 29.3 Å². The molecule has 2 unspecified atom stereocenters. The van der Waals surface area contributed by atoms with Crippen molar-refractivity contribution in [3.05, 3.63) is 168 Å². The van der Waals surface area contributed by atoms with Crippen molar-refractivity contribution in [2.75, 3.05) is 0 Å². The molecule has 1 aliphatic heterocycles. The fraction of sp³-hybridized carbons (Fsp3) is 0.0444. The number of benzene rings is 7. The van der Waals surface area contributed by atoms with Crippen molar-refractivity contribution in [1.82, 2.24) is 10.6 Å². The summed E-state index contributed by atoms with van der Waals surface area (Å²) in [5.41, 5.74) is 7.70. The zero-order valence-electron chi connectivity index (χ0n) is 27.3. The summed E-state index contributed by atoms with van der Waals surface area (Å²) in [6.45, 7) is 0. The predicted molar refractivity (Wildman–Crippen MR) is 216 cm³/mol. The zero-order valence-corrected chi connectivity index (χ0v) is 28.9. The first-order valence-electron chi connectivity index (χ1n) is 17.2. The number of para-hydroxylation sites is 1. The maximum Gasteiger partial charge on any atom is 0.135 e. The van der Waals surface area contributed by atoms with E-state index < -0.39 is 0 Å². The number of hydrogen-bond donors (Lipinski definition) is 2. The molecular weight excluding hydrogens is 663 g/mol. The van der Waals surface area contributed by atoms with Gasteiger partial charge in [-0.1, -0.05) is 115 Å². The highest BCUT2D eigenvalue weighted by Crippen LogP contribution is 2.45. The number of furan rings is 1. The summed E-state index contributed by atoms with van der Waals surface area (Å²) in [6, 6.07) is 54.2. The van der Waals surface area contributed by atoms with E-state index in [9.17, 15) is 0 Å². The van der Waals surface area contributed by atoms with Gasteiger partial charge < -0.3 is 9.73 Å². The first-order valence-corrected chi connectivity index (χ1v) is 18.8. The van der Waals surface area contributed by atoms with E-state index in [0.29, 0.717) is 0 Å².